The molecule has 0 heterocycles. The Morgan fingerprint density at radius 1 is 0.800 bits per heavy atom. The first-order valence-electron chi connectivity index (χ1n) is 13.1. The van der Waals surface area contributed by atoms with E-state index in [4.69, 9.17) is 0 Å². The summed E-state index contributed by atoms with van der Waals surface area (Å²) in [7, 11) is 0. The molecular weight excluding hydrogens is 364 g/mol. The molecule has 0 saturated carbocycles. The van der Waals surface area contributed by atoms with Crippen molar-refractivity contribution in [3.05, 3.63) is 35.4 Å². The minimum atomic E-state index is 0.308. The van der Waals surface area contributed by atoms with Gasteiger partial charge in [-0.3, -0.25) is 0 Å². The minimum Gasteiger partial charge on any atom is -0.312 e. The van der Waals surface area contributed by atoms with Crippen molar-refractivity contribution in [3.63, 3.8) is 0 Å². The molecule has 0 aromatic heterocycles. The largest absolute Gasteiger partial charge is 0.312 e. The van der Waals surface area contributed by atoms with Crippen LogP contribution in [0.3, 0.4) is 0 Å². The summed E-state index contributed by atoms with van der Waals surface area (Å²) in [5.74, 6) is 0.779. The second-order valence-electron chi connectivity index (χ2n) is 9.85. The Hall–Kier alpha value is -0.860. The first kappa shape index (κ1) is 27.2. The van der Waals surface area contributed by atoms with Crippen LogP contribution in [0.15, 0.2) is 24.3 Å². The van der Waals surface area contributed by atoms with Crippen LogP contribution in [0.1, 0.15) is 116 Å². The van der Waals surface area contributed by atoms with Crippen LogP contribution in [0, 0.1) is 5.92 Å². The van der Waals surface area contributed by atoms with Gasteiger partial charge in [-0.25, -0.2) is 0 Å². The van der Waals surface area contributed by atoms with Crippen molar-refractivity contribution in [1.29, 1.82) is 0 Å². The molecule has 2 unspecified atom stereocenters. The van der Waals surface area contributed by atoms with E-state index < -0.39 is 0 Å². The fourth-order valence-electron chi connectivity index (χ4n) is 4.27. The highest BCUT2D eigenvalue weighted by molar-refractivity contribution is 5.22. The fraction of sp³-hybridized carbons (Fsp3) is 0.786. The highest BCUT2D eigenvalue weighted by Gasteiger charge is 2.21. The van der Waals surface area contributed by atoms with Gasteiger partial charge in [-0.1, -0.05) is 103 Å². The third kappa shape index (κ3) is 12.7. The zero-order chi connectivity index (χ0) is 22.1. The molecule has 0 aliphatic heterocycles. The van der Waals surface area contributed by atoms with Crippen LogP contribution in [-0.4, -0.2) is 18.6 Å². The summed E-state index contributed by atoms with van der Waals surface area (Å²) < 4.78 is 0. The Bertz CT molecular complexity index is 510. The van der Waals surface area contributed by atoms with Crippen molar-refractivity contribution >= 4 is 0 Å². The smallest absolute Gasteiger partial charge is 0.0205 e. The summed E-state index contributed by atoms with van der Waals surface area (Å²) in [5, 5.41) is 7.55. The Balaban J connectivity index is 2.33. The van der Waals surface area contributed by atoms with Gasteiger partial charge in [0.15, 0.2) is 0 Å². The average molecular weight is 417 g/mol. The molecule has 2 N–H and O–H groups in total. The van der Waals surface area contributed by atoms with Crippen LogP contribution >= 0.6 is 0 Å². The van der Waals surface area contributed by atoms with Gasteiger partial charge in [0.1, 0.15) is 0 Å². The molecule has 0 amide bonds. The lowest BCUT2D eigenvalue weighted by Gasteiger charge is -2.31. The number of unbranched alkanes of at least 4 members (excludes halogenated alkanes) is 5. The molecule has 1 rings (SSSR count). The van der Waals surface area contributed by atoms with E-state index in [1.54, 1.807) is 0 Å². The first-order chi connectivity index (χ1) is 14.5. The number of nitrogens with one attached hydrogen (secondary N) is 2. The summed E-state index contributed by atoms with van der Waals surface area (Å²) in [4.78, 5) is 0. The quantitative estimate of drug-likeness (QED) is 0.226. The monoisotopic (exact) mass is 416 g/mol. The maximum atomic E-state index is 3.91. The van der Waals surface area contributed by atoms with Gasteiger partial charge in [0.05, 0.1) is 0 Å². The number of benzene rings is 1. The summed E-state index contributed by atoms with van der Waals surface area (Å²) in [5.41, 5.74) is 3.16. The van der Waals surface area contributed by atoms with Gasteiger partial charge in [-0.2, -0.15) is 0 Å². The standard InChI is InChI=1S/C28H52N2/c1-6-9-12-14-25(4)23-29-24-27-17-15-26(16-18-27)19-22-30-28(5,20-11-8-3)21-13-10-7-2/h15-18,25,29-30H,6-14,19-24H2,1-5H3. The molecule has 0 radical (unpaired) electrons. The Labute approximate surface area is 189 Å². The zero-order valence-electron chi connectivity index (χ0n) is 21.0. The third-order valence-corrected chi connectivity index (χ3v) is 6.53. The molecular formula is C28H52N2. The van der Waals surface area contributed by atoms with Gasteiger partial charge in [0.25, 0.3) is 0 Å². The molecule has 0 aliphatic carbocycles. The minimum absolute atomic E-state index is 0.308. The highest BCUT2D eigenvalue weighted by atomic mass is 15.0. The van der Waals surface area contributed by atoms with E-state index in [0.717, 1.165) is 32.0 Å². The van der Waals surface area contributed by atoms with Crippen molar-refractivity contribution in [2.45, 2.75) is 124 Å². The Kier molecular flexibility index (Phi) is 15.2. The number of hydrogen-bond acceptors (Lipinski definition) is 2. The molecule has 1 aromatic carbocycles. The zero-order valence-corrected chi connectivity index (χ0v) is 21.0. The first-order valence-corrected chi connectivity index (χ1v) is 13.1. The van der Waals surface area contributed by atoms with Gasteiger partial charge in [-0.15, -0.1) is 0 Å². The molecule has 174 valence electrons. The second-order valence-corrected chi connectivity index (χ2v) is 9.85. The summed E-state index contributed by atoms with van der Waals surface area (Å²) in [6, 6.07) is 9.26. The molecule has 2 nitrogen and oxygen atoms in total. The Morgan fingerprint density at radius 3 is 2.07 bits per heavy atom. The topological polar surface area (TPSA) is 24.1 Å². The van der Waals surface area contributed by atoms with E-state index in [-0.39, 0.29) is 0 Å². The molecule has 2 atom stereocenters. The maximum absolute atomic E-state index is 3.91. The van der Waals surface area contributed by atoms with Crippen LogP contribution < -0.4 is 10.6 Å². The molecule has 0 aliphatic rings. The predicted octanol–water partition coefficient (Wildman–Crippen LogP) is 7.65. The van der Waals surface area contributed by atoms with E-state index in [2.05, 4.69) is 69.5 Å². The highest BCUT2D eigenvalue weighted by Crippen LogP contribution is 2.21. The second kappa shape index (κ2) is 16.8. The SMILES string of the molecule is CCCCCC(C)CNCc1ccc(CCNC(C)(CCCC)CCCCC)cc1. The lowest BCUT2D eigenvalue weighted by Crippen LogP contribution is -2.43. The van der Waals surface area contributed by atoms with E-state index in [9.17, 15) is 0 Å². The number of hydrogen-bond donors (Lipinski definition) is 2. The van der Waals surface area contributed by atoms with E-state index >= 15 is 0 Å². The van der Waals surface area contributed by atoms with Crippen LogP contribution in [0.4, 0.5) is 0 Å². The van der Waals surface area contributed by atoms with Crippen molar-refractivity contribution in [2.75, 3.05) is 13.1 Å². The van der Waals surface area contributed by atoms with Gasteiger partial charge in [0.2, 0.25) is 0 Å². The van der Waals surface area contributed by atoms with Gasteiger partial charge < -0.3 is 10.6 Å². The van der Waals surface area contributed by atoms with Crippen LogP contribution in [-0.2, 0) is 13.0 Å². The molecule has 0 bridgehead atoms. The summed E-state index contributed by atoms with van der Waals surface area (Å²) in [6.45, 7) is 14.9. The molecule has 0 fully saturated rings. The van der Waals surface area contributed by atoms with Crippen molar-refractivity contribution in [3.8, 4) is 0 Å². The molecule has 1 aromatic rings. The lowest BCUT2D eigenvalue weighted by atomic mass is 9.88. The van der Waals surface area contributed by atoms with Gasteiger partial charge in [-0.05, 0) is 62.7 Å². The number of rotatable bonds is 19. The van der Waals surface area contributed by atoms with Crippen LogP contribution in [0.2, 0.25) is 0 Å². The van der Waals surface area contributed by atoms with Gasteiger partial charge in [0, 0.05) is 12.1 Å². The maximum Gasteiger partial charge on any atom is 0.0205 e. The third-order valence-electron chi connectivity index (χ3n) is 6.53. The van der Waals surface area contributed by atoms with Crippen LogP contribution in [0.5, 0.6) is 0 Å². The van der Waals surface area contributed by atoms with Crippen molar-refractivity contribution < 1.29 is 0 Å². The van der Waals surface area contributed by atoms with Crippen molar-refractivity contribution in [2.24, 2.45) is 5.92 Å². The van der Waals surface area contributed by atoms with Crippen LogP contribution in [0.25, 0.3) is 0 Å². The predicted molar refractivity (Wildman–Crippen MR) is 135 cm³/mol. The molecule has 0 saturated heterocycles. The summed E-state index contributed by atoms with van der Waals surface area (Å²) in [6.07, 6.45) is 15.8. The van der Waals surface area contributed by atoms with E-state index in [0.29, 0.717) is 5.54 Å². The average Bonchev–Trinajstić information content (AvgIpc) is 2.74. The molecule has 0 spiro atoms. The molecule has 30 heavy (non-hydrogen) atoms. The van der Waals surface area contributed by atoms with Crippen molar-refractivity contribution in [1.82, 2.24) is 10.6 Å². The summed E-state index contributed by atoms with van der Waals surface area (Å²) >= 11 is 0. The van der Waals surface area contributed by atoms with E-state index in [1.807, 2.05) is 0 Å². The fourth-order valence-corrected chi connectivity index (χ4v) is 4.27. The Morgan fingerprint density at radius 2 is 1.40 bits per heavy atom. The molecule has 2 heteroatoms. The van der Waals surface area contributed by atoms with Gasteiger partial charge >= 0.3 is 0 Å². The lowest BCUT2D eigenvalue weighted by molar-refractivity contribution is 0.292. The van der Waals surface area contributed by atoms with E-state index in [1.165, 1.54) is 81.8 Å². The normalized spacial score (nSPS) is 14.6.